The van der Waals surface area contributed by atoms with Crippen molar-refractivity contribution in [1.82, 2.24) is 0 Å². The molecule has 0 heterocycles. The van der Waals surface area contributed by atoms with Gasteiger partial charge in [-0.3, -0.25) is 0 Å². The number of benzene rings is 1. The molecule has 0 aliphatic carbocycles. The van der Waals surface area contributed by atoms with Gasteiger partial charge in [-0.05, 0) is 11.5 Å². The molecule has 0 unspecified atom stereocenters. The molecule has 0 saturated carbocycles. The summed E-state index contributed by atoms with van der Waals surface area (Å²) in [5.74, 6) is 1.01. The van der Waals surface area contributed by atoms with Gasteiger partial charge in [0.15, 0.2) is 0 Å². The van der Waals surface area contributed by atoms with Crippen molar-refractivity contribution in [2.24, 2.45) is 0 Å². The Hall–Kier alpha value is -0.960. The van der Waals surface area contributed by atoms with Crippen molar-refractivity contribution >= 4 is 17.4 Å². The molecule has 2 nitrogen and oxygen atoms in total. The Bertz CT molecular complexity index is 323. The highest BCUT2D eigenvalue weighted by atomic mass is 32.1. The van der Waals surface area contributed by atoms with E-state index < -0.39 is 0 Å². The maximum absolute atomic E-state index is 10.5. The highest BCUT2D eigenvalue weighted by Crippen LogP contribution is 2.27. The number of rotatable bonds is 4. The van der Waals surface area contributed by atoms with Gasteiger partial charge in [-0.2, -0.15) is 0 Å². The van der Waals surface area contributed by atoms with Crippen molar-refractivity contribution in [3.8, 4) is 0 Å². The van der Waals surface area contributed by atoms with Crippen LogP contribution in [0.3, 0.4) is 0 Å². The highest BCUT2D eigenvalue weighted by molar-refractivity contribution is 7.64. The Morgan fingerprint density at radius 1 is 1.43 bits per heavy atom. The van der Waals surface area contributed by atoms with E-state index in [4.69, 9.17) is 0 Å². The number of anilines is 1. The van der Waals surface area contributed by atoms with E-state index in [0.717, 1.165) is 11.3 Å². The van der Waals surface area contributed by atoms with E-state index in [1.54, 1.807) is 0 Å². The summed E-state index contributed by atoms with van der Waals surface area (Å²) < 4.78 is 10.5. The molecule has 0 aromatic heterocycles. The van der Waals surface area contributed by atoms with Gasteiger partial charge in [-0.1, -0.05) is 32.0 Å². The average molecular weight is 210 g/mol. The predicted molar refractivity (Wildman–Crippen MR) is 61.8 cm³/mol. The van der Waals surface area contributed by atoms with Crippen molar-refractivity contribution in [3.63, 3.8) is 0 Å². The molecular formula is C11H16NOS+. The van der Waals surface area contributed by atoms with Gasteiger partial charge in [-0.15, -0.1) is 0 Å². The zero-order valence-electron chi connectivity index (χ0n) is 8.83. The summed E-state index contributed by atoms with van der Waals surface area (Å²) >= 11 is 0.615. The third-order valence-corrected chi connectivity index (χ3v) is 2.70. The molecule has 1 aromatic carbocycles. The Kier molecular flexibility index (Phi) is 4.01. The minimum absolute atomic E-state index is 0.481. The predicted octanol–water partition coefficient (Wildman–Crippen LogP) is 2.78. The lowest BCUT2D eigenvalue weighted by Gasteiger charge is -2.13. The molecule has 1 rings (SSSR count). The summed E-state index contributed by atoms with van der Waals surface area (Å²) in [5, 5.41) is 3.18. The Labute approximate surface area is 89.2 Å². The molecule has 0 atom stereocenters. The van der Waals surface area contributed by atoms with E-state index in [1.807, 2.05) is 19.2 Å². The number of para-hydroxylation sites is 1. The van der Waals surface area contributed by atoms with Crippen LogP contribution in [0.2, 0.25) is 0 Å². The van der Waals surface area contributed by atoms with Crippen molar-refractivity contribution in [2.75, 3.05) is 12.4 Å². The van der Waals surface area contributed by atoms with Crippen LogP contribution in [-0.2, 0) is 21.6 Å². The molecule has 1 N–H and O–H groups in total. The Morgan fingerprint density at radius 3 is 2.64 bits per heavy atom. The minimum Gasteiger partial charge on any atom is -0.388 e. The van der Waals surface area contributed by atoms with Gasteiger partial charge in [0, 0.05) is 22.5 Å². The van der Waals surface area contributed by atoms with Crippen LogP contribution in [0.5, 0.6) is 0 Å². The molecule has 0 radical (unpaired) electrons. The molecule has 0 spiro atoms. The molecule has 3 heteroatoms. The monoisotopic (exact) mass is 210 g/mol. The van der Waals surface area contributed by atoms with Crippen LogP contribution < -0.4 is 5.32 Å². The summed E-state index contributed by atoms with van der Waals surface area (Å²) in [6.07, 6.45) is 0. The van der Waals surface area contributed by atoms with Gasteiger partial charge in [0.1, 0.15) is 0 Å². The van der Waals surface area contributed by atoms with E-state index >= 15 is 0 Å². The third kappa shape index (κ3) is 2.29. The number of hydrogen-bond donors (Lipinski definition) is 1. The first-order valence-electron chi connectivity index (χ1n) is 4.75. The summed E-state index contributed by atoms with van der Waals surface area (Å²) in [7, 11) is 1.90. The summed E-state index contributed by atoms with van der Waals surface area (Å²) in [6, 6.07) is 6.12. The van der Waals surface area contributed by atoms with Gasteiger partial charge in [0.2, 0.25) is 0 Å². The third-order valence-electron chi connectivity index (χ3n) is 2.27. The van der Waals surface area contributed by atoms with Crippen LogP contribution in [0.15, 0.2) is 18.2 Å². The first kappa shape index (κ1) is 11.1. The molecule has 1 aromatic rings. The van der Waals surface area contributed by atoms with Crippen molar-refractivity contribution < 1.29 is 4.21 Å². The average Bonchev–Trinajstić information content (AvgIpc) is 2.18. The Morgan fingerprint density at radius 2 is 2.14 bits per heavy atom. The summed E-state index contributed by atoms with van der Waals surface area (Å²) in [5.41, 5.74) is 3.49. The molecule has 0 bridgehead atoms. The van der Waals surface area contributed by atoms with Crippen molar-refractivity contribution in [2.45, 2.75) is 25.5 Å². The van der Waals surface area contributed by atoms with E-state index in [2.05, 4.69) is 25.2 Å². The molecule has 14 heavy (non-hydrogen) atoms. The van der Waals surface area contributed by atoms with Gasteiger partial charge >= 0.3 is 11.7 Å². The lowest BCUT2D eigenvalue weighted by Crippen LogP contribution is -2.01. The van der Waals surface area contributed by atoms with Crippen molar-refractivity contribution in [1.29, 1.82) is 0 Å². The summed E-state index contributed by atoms with van der Waals surface area (Å²) in [4.78, 5) is 0. The second kappa shape index (κ2) is 5.05. The highest BCUT2D eigenvalue weighted by Gasteiger charge is 2.13. The van der Waals surface area contributed by atoms with Gasteiger partial charge in [0.05, 0.1) is 0 Å². The number of hydrogen-bond acceptors (Lipinski definition) is 2. The molecule has 0 saturated heterocycles. The van der Waals surface area contributed by atoms with E-state index in [1.165, 1.54) is 5.56 Å². The molecule has 0 aliphatic heterocycles. The molecule has 0 amide bonds. The van der Waals surface area contributed by atoms with Gasteiger partial charge in [0.25, 0.3) is 5.75 Å². The van der Waals surface area contributed by atoms with Crippen LogP contribution in [0.4, 0.5) is 5.69 Å². The smallest absolute Gasteiger partial charge is 0.388 e. The minimum atomic E-state index is 0.481. The van der Waals surface area contributed by atoms with E-state index in [9.17, 15) is 4.21 Å². The fourth-order valence-corrected chi connectivity index (χ4v) is 1.96. The second-order valence-electron chi connectivity index (χ2n) is 3.55. The molecule has 0 aliphatic rings. The lowest BCUT2D eigenvalue weighted by molar-refractivity contribution is 0.604. The zero-order chi connectivity index (χ0) is 10.6. The topological polar surface area (TPSA) is 29.1 Å². The molecular weight excluding hydrogens is 194 g/mol. The van der Waals surface area contributed by atoms with Crippen LogP contribution in [-0.4, -0.2) is 7.05 Å². The first-order valence-corrected chi connectivity index (χ1v) is 5.66. The Balaban J connectivity index is 3.17. The van der Waals surface area contributed by atoms with Gasteiger partial charge in [-0.25, -0.2) is 0 Å². The lowest BCUT2D eigenvalue weighted by atomic mass is 9.98. The molecule has 76 valence electrons. The SMILES string of the molecule is CNc1c(C[S+]=O)cccc1C(C)C. The maximum atomic E-state index is 10.5. The normalized spacial score (nSPS) is 10.3. The van der Waals surface area contributed by atoms with Crippen LogP contribution in [0.1, 0.15) is 30.9 Å². The van der Waals surface area contributed by atoms with E-state index in [0.29, 0.717) is 23.3 Å². The second-order valence-corrected chi connectivity index (χ2v) is 4.07. The maximum Gasteiger partial charge on any atom is 0.463 e. The van der Waals surface area contributed by atoms with Crippen LogP contribution in [0.25, 0.3) is 0 Å². The molecule has 0 fully saturated rings. The van der Waals surface area contributed by atoms with Crippen LogP contribution >= 0.6 is 0 Å². The zero-order valence-corrected chi connectivity index (χ0v) is 9.65. The quantitative estimate of drug-likeness (QED) is 0.774. The van der Waals surface area contributed by atoms with Gasteiger partial charge < -0.3 is 5.32 Å². The fourth-order valence-electron chi connectivity index (χ4n) is 1.59. The van der Waals surface area contributed by atoms with Crippen molar-refractivity contribution in [3.05, 3.63) is 29.3 Å². The summed E-state index contributed by atoms with van der Waals surface area (Å²) in [6.45, 7) is 4.31. The fraction of sp³-hybridized carbons (Fsp3) is 0.455. The van der Waals surface area contributed by atoms with Crippen LogP contribution in [0, 0.1) is 0 Å². The van der Waals surface area contributed by atoms with E-state index in [-0.39, 0.29) is 0 Å². The largest absolute Gasteiger partial charge is 0.463 e. The first-order chi connectivity index (χ1) is 6.70. The standard InChI is InChI=1S/C11H16NOS/c1-8(2)10-6-4-5-9(7-14-13)11(10)12-3/h4-6,8,12H,7H2,1-3H3/q+1. The number of nitrogens with one attached hydrogen (secondary N) is 1.